The second-order valence-electron chi connectivity index (χ2n) is 7.39. The molecular formula is C21H27N3O3S. The Bertz CT molecular complexity index is 909. The SMILES string of the molecule is CC(=O)Nc1ccc(S(=O)(=O)NCc2ccc(N3CCCC(C)C3)cc2)cc1. The van der Waals surface area contributed by atoms with Crippen molar-refractivity contribution in [3.05, 3.63) is 54.1 Å². The van der Waals surface area contributed by atoms with E-state index in [2.05, 4.69) is 34.0 Å². The molecule has 0 aliphatic carbocycles. The first-order valence-electron chi connectivity index (χ1n) is 9.55. The Kier molecular flexibility index (Phi) is 6.36. The van der Waals surface area contributed by atoms with Crippen LogP contribution in [0.1, 0.15) is 32.3 Å². The molecule has 1 saturated heterocycles. The number of benzene rings is 2. The van der Waals surface area contributed by atoms with Crippen LogP contribution in [0, 0.1) is 5.92 Å². The Labute approximate surface area is 167 Å². The maximum Gasteiger partial charge on any atom is 0.240 e. The highest BCUT2D eigenvalue weighted by atomic mass is 32.2. The third kappa shape index (κ3) is 5.33. The molecule has 2 N–H and O–H groups in total. The van der Waals surface area contributed by atoms with Gasteiger partial charge in [-0.1, -0.05) is 19.1 Å². The molecule has 1 amide bonds. The molecule has 0 bridgehead atoms. The maximum atomic E-state index is 12.5. The number of nitrogens with zero attached hydrogens (tertiary/aromatic N) is 1. The van der Waals surface area contributed by atoms with Gasteiger partial charge >= 0.3 is 0 Å². The molecule has 1 fully saturated rings. The summed E-state index contributed by atoms with van der Waals surface area (Å²) in [4.78, 5) is 13.6. The Hall–Kier alpha value is -2.38. The summed E-state index contributed by atoms with van der Waals surface area (Å²) in [6, 6.07) is 14.2. The van der Waals surface area contributed by atoms with Gasteiger partial charge in [0.15, 0.2) is 0 Å². The number of nitrogens with one attached hydrogen (secondary N) is 2. The van der Waals surface area contributed by atoms with Gasteiger partial charge in [0.05, 0.1) is 4.90 Å². The summed E-state index contributed by atoms with van der Waals surface area (Å²) < 4.78 is 27.6. The van der Waals surface area contributed by atoms with Crippen LogP contribution in [0.15, 0.2) is 53.4 Å². The minimum Gasteiger partial charge on any atom is -0.371 e. The van der Waals surface area contributed by atoms with Crippen LogP contribution in [-0.4, -0.2) is 27.4 Å². The smallest absolute Gasteiger partial charge is 0.240 e. The lowest BCUT2D eigenvalue weighted by Crippen LogP contribution is -2.34. The molecule has 1 heterocycles. The van der Waals surface area contributed by atoms with Crippen LogP contribution in [0.3, 0.4) is 0 Å². The summed E-state index contributed by atoms with van der Waals surface area (Å²) >= 11 is 0. The first kappa shape index (κ1) is 20.4. The third-order valence-corrected chi connectivity index (χ3v) is 6.33. The summed E-state index contributed by atoms with van der Waals surface area (Å²) in [6.45, 7) is 6.05. The van der Waals surface area contributed by atoms with Crippen molar-refractivity contribution in [2.75, 3.05) is 23.3 Å². The van der Waals surface area contributed by atoms with E-state index in [-0.39, 0.29) is 17.3 Å². The summed E-state index contributed by atoms with van der Waals surface area (Å²) in [5, 5.41) is 2.62. The number of rotatable bonds is 6. The average Bonchev–Trinajstić information content (AvgIpc) is 2.67. The summed E-state index contributed by atoms with van der Waals surface area (Å²) in [6.07, 6.45) is 2.49. The number of amides is 1. The Morgan fingerprint density at radius 3 is 2.39 bits per heavy atom. The number of hydrogen-bond acceptors (Lipinski definition) is 4. The fourth-order valence-electron chi connectivity index (χ4n) is 3.43. The molecule has 1 atom stereocenters. The minimum absolute atomic E-state index is 0.167. The third-order valence-electron chi connectivity index (χ3n) is 4.91. The van der Waals surface area contributed by atoms with E-state index in [1.807, 2.05) is 12.1 Å². The quantitative estimate of drug-likeness (QED) is 0.778. The molecule has 6 nitrogen and oxygen atoms in total. The molecule has 1 unspecified atom stereocenters. The lowest BCUT2D eigenvalue weighted by molar-refractivity contribution is -0.114. The van der Waals surface area contributed by atoms with Crippen molar-refractivity contribution >= 4 is 27.3 Å². The monoisotopic (exact) mass is 401 g/mol. The zero-order valence-corrected chi connectivity index (χ0v) is 17.1. The normalized spacial score (nSPS) is 17.4. The average molecular weight is 402 g/mol. The van der Waals surface area contributed by atoms with E-state index < -0.39 is 10.0 Å². The fraction of sp³-hybridized carbons (Fsp3) is 0.381. The van der Waals surface area contributed by atoms with E-state index in [1.165, 1.54) is 37.6 Å². The van der Waals surface area contributed by atoms with Crippen LogP contribution >= 0.6 is 0 Å². The van der Waals surface area contributed by atoms with Crippen molar-refractivity contribution in [3.63, 3.8) is 0 Å². The number of piperidine rings is 1. The van der Waals surface area contributed by atoms with E-state index in [0.29, 0.717) is 11.6 Å². The highest BCUT2D eigenvalue weighted by Crippen LogP contribution is 2.23. The van der Waals surface area contributed by atoms with Crippen LogP contribution < -0.4 is 14.9 Å². The summed E-state index contributed by atoms with van der Waals surface area (Å²) in [7, 11) is -3.61. The predicted molar refractivity (Wildman–Crippen MR) is 112 cm³/mol. The number of carbonyl (C=O) groups excluding carboxylic acids is 1. The van der Waals surface area contributed by atoms with Gasteiger partial charge in [-0.3, -0.25) is 4.79 Å². The Balaban J connectivity index is 1.60. The molecule has 0 aromatic heterocycles. The lowest BCUT2D eigenvalue weighted by Gasteiger charge is -2.32. The molecule has 150 valence electrons. The first-order valence-corrected chi connectivity index (χ1v) is 11.0. The molecule has 0 saturated carbocycles. The standard InChI is InChI=1S/C21H27N3O3S/c1-16-4-3-13-24(15-16)20-9-5-18(6-10-20)14-22-28(26,27)21-11-7-19(8-12-21)23-17(2)25/h5-12,16,22H,3-4,13-15H2,1-2H3,(H,23,25). The molecule has 2 aromatic rings. The van der Waals surface area contributed by atoms with E-state index in [0.717, 1.165) is 18.7 Å². The van der Waals surface area contributed by atoms with Gasteiger partial charge in [-0.05, 0) is 60.7 Å². The van der Waals surface area contributed by atoms with E-state index in [9.17, 15) is 13.2 Å². The zero-order chi connectivity index (χ0) is 20.1. The lowest BCUT2D eigenvalue weighted by atomic mass is 9.99. The molecule has 28 heavy (non-hydrogen) atoms. The largest absolute Gasteiger partial charge is 0.371 e. The summed E-state index contributed by atoms with van der Waals surface area (Å²) in [5.41, 5.74) is 2.66. The highest BCUT2D eigenvalue weighted by Gasteiger charge is 2.17. The zero-order valence-electron chi connectivity index (χ0n) is 16.3. The van der Waals surface area contributed by atoms with Crippen molar-refractivity contribution in [1.82, 2.24) is 4.72 Å². The molecule has 7 heteroatoms. The number of hydrogen-bond donors (Lipinski definition) is 2. The molecule has 1 aliphatic heterocycles. The van der Waals surface area contributed by atoms with Gasteiger partial charge in [0.1, 0.15) is 0 Å². The highest BCUT2D eigenvalue weighted by molar-refractivity contribution is 7.89. The molecule has 0 radical (unpaired) electrons. The van der Waals surface area contributed by atoms with Crippen LogP contribution in [0.5, 0.6) is 0 Å². The Morgan fingerprint density at radius 1 is 1.11 bits per heavy atom. The topological polar surface area (TPSA) is 78.5 Å². The minimum atomic E-state index is -3.61. The van der Waals surface area contributed by atoms with Crippen molar-refractivity contribution in [2.24, 2.45) is 5.92 Å². The van der Waals surface area contributed by atoms with Gasteiger partial charge in [0.2, 0.25) is 15.9 Å². The van der Waals surface area contributed by atoms with Gasteiger partial charge in [0, 0.05) is 37.9 Å². The van der Waals surface area contributed by atoms with E-state index in [4.69, 9.17) is 0 Å². The van der Waals surface area contributed by atoms with Gasteiger partial charge in [-0.25, -0.2) is 13.1 Å². The van der Waals surface area contributed by atoms with Gasteiger partial charge in [-0.2, -0.15) is 0 Å². The second kappa shape index (κ2) is 8.75. The van der Waals surface area contributed by atoms with Crippen molar-refractivity contribution in [1.29, 1.82) is 0 Å². The van der Waals surface area contributed by atoms with Crippen molar-refractivity contribution in [2.45, 2.75) is 38.1 Å². The summed E-state index contributed by atoms with van der Waals surface area (Å²) in [5.74, 6) is 0.508. The number of anilines is 2. The van der Waals surface area contributed by atoms with Crippen LogP contribution in [0.4, 0.5) is 11.4 Å². The molecule has 0 spiro atoms. The van der Waals surface area contributed by atoms with Gasteiger partial charge in [-0.15, -0.1) is 0 Å². The van der Waals surface area contributed by atoms with E-state index in [1.54, 1.807) is 12.1 Å². The van der Waals surface area contributed by atoms with Crippen LogP contribution in [0.2, 0.25) is 0 Å². The van der Waals surface area contributed by atoms with Crippen LogP contribution in [0.25, 0.3) is 0 Å². The molecular weight excluding hydrogens is 374 g/mol. The second-order valence-corrected chi connectivity index (χ2v) is 9.16. The Morgan fingerprint density at radius 2 is 1.79 bits per heavy atom. The first-order chi connectivity index (χ1) is 13.3. The van der Waals surface area contributed by atoms with Crippen molar-refractivity contribution in [3.8, 4) is 0 Å². The van der Waals surface area contributed by atoms with Crippen LogP contribution in [-0.2, 0) is 21.4 Å². The maximum absolute atomic E-state index is 12.5. The predicted octanol–water partition coefficient (Wildman–Crippen LogP) is 3.36. The molecule has 1 aliphatic rings. The van der Waals surface area contributed by atoms with E-state index >= 15 is 0 Å². The van der Waals surface area contributed by atoms with Crippen molar-refractivity contribution < 1.29 is 13.2 Å². The van der Waals surface area contributed by atoms with Gasteiger partial charge in [0.25, 0.3) is 0 Å². The molecule has 2 aromatic carbocycles. The number of carbonyl (C=O) groups is 1. The van der Waals surface area contributed by atoms with Gasteiger partial charge < -0.3 is 10.2 Å². The fourth-order valence-corrected chi connectivity index (χ4v) is 4.45. The number of sulfonamides is 1. The molecule has 3 rings (SSSR count).